The maximum Gasteiger partial charge on any atom is 0.255 e. The molecule has 3 nitrogen and oxygen atoms in total. The van der Waals surface area contributed by atoms with Crippen molar-refractivity contribution in [3.05, 3.63) is 71.2 Å². The van der Waals surface area contributed by atoms with Crippen LogP contribution in [0.5, 0.6) is 0 Å². The highest BCUT2D eigenvalue weighted by atomic mass is 19.1. The first-order valence-corrected chi connectivity index (χ1v) is 6.77. The van der Waals surface area contributed by atoms with Crippen LogP contribution in [0.3, 0.4) is 0 Å². The van der Waals surface area contributed by atoms with Crippen molar-refractivity contribution >= 4 is 22.5 Å². The number of hydrogen-bond donors (Lipinski definition) is 1. The molecular formula is C17H11F3N2O. The number of carbonyl (C=O) groups is 1. The molecule has 1 aromatic heterocycles. The Morgan fingerprint density at radius 2 is 1.70 bits per heavy atom. The molecule has 0 atom stereocenters. The monoisotopic (exact) mass is 316 g/mol. The summed E-state index contributed by atoms with van der Waals surface area (Å²) in [6, 6.07) is 8.31. The smallest absolute Gasteiger partial charge is 0.255 e. The lowest BCUT2D eigenvalue weighted by molar-refractivity contribution is 0.102. The van der Waals surface area contributed by atoms with Crippen LogP contribution in [0.1, 0.15) is 16.1 Å². The van der Waals surface area contributed by atoms with Gasteiger partial charge in [-0.2, -0.15) is 0 Å². The van der Waals surface area contributed by atoms with Crippen molar-refractivity contribution in [3.63, 3.8) is 0 Å². The first-order chi connectivity index (χ1) is 10.9. The fourth-order valence-electron chi connectivity index (χ4n) is 2.28. The summed E-state index contributed by atoms with van der Waals surface area (Å²) in [6.07, 6.45) is 0. The van der Waals surface area contributed by atoms with Crippen LogP contribution in [0.2, 0.25) is 0 Å². The van der Waals surface area contributed by atoms with Gasteiger partial charge in [0.05, 0.1) is 5.69 Å². The molecule has 23 heavy (non-hydrogen) atoms. The number of benzene rings is 2. The minimum Gasteiger partial charge on any atom is -0.321 e. The van der Waals surface area contributed by atoms with E-state index in [9.17, 15) is 18.0 Å². The number of anilines is 1. The summed E-state index contributed by atoms with van der Waals surface area (Å²) in [6.45, 7) is 1.63. The minimum atomic E-state index is -0.805. The number of fused-ring (bicyclic) bond motifs is 1. The molecular weight excluding hydrogens is 305 g/mol. The molecule has 3 aromatic rings. The van der Waals surface area contributed by atoms with Gasteiger partial charge in [-0.25, -0.2) is 18.2 Å². The predicted molar refractivity (Wildman–Crippen MR) is 80.7 cm³/mol. The Hall–Kier alpha value is -2.89. The third-order valence-electron chi connectivity index (χ3n) is 3.31. The van der Waals surface area contributed by atoms with E-state index in [-0.39, 0.29) is 22.2 Å². The lowest BCUT2D eigenvalue weighted by Crippen LogP contribution is -2.12. The molecule has 0 spiro atoms. The van der Waals surface area contributed by atoms with Crippen LogP contribution in [0.4, 0.5) is 18.9 Å². The molecule has 1 heterocycles. The Morgan fingerprint density at radius 3 is 2.39 bits per heavy atom. The number of hydrogen-bond acceptors (Lipinski definition) is 2. The van der Waals surface area contributed by atoms with Crippen LogP contribution in [0.15, 0.2) is 42.5 Å². The van der Waals surface area contributed by atoms with Crippen LogP contribution in [-0.2, 0) is 0 Å². The van der Waals surface area contributed by atoms with E-state index in [1.807, 2.05) is 0 Å². The number of nitrogens with zero attached hydrogens (tertiary/aromatic N) is 1. The largest absolute Gasteiger partial charge is 0.321 e. The molecule has 0 aliphatic heterocycles. The van der Waals surface area contributed by atoms with Gasteiger partial charge in [0, 0.05) is 22.7 Å². The average molecular weight is 316 g/mol. The Labute approximate surface area is 129 Å². The van der Waals surface area contributed by atoms with Crippen molar-refractivity contribution in [1.82, 2.24) is 4.98 Å². The van der Waals surface area contributed by atoms with E-state index in [4.69, 9.17) is 0 Å². The van der Waals surface area contributed by atoms with E-state index in [0.29, 0.717) is 5.69 Å². The fourth-order valence-corrected chi connectivity index (χ4v) is 2.28. The number of amides is 1. The number of aromatic nitrogens is 1. The van der Waals surface area contributed by atoms with E-state index in [0.717, 1.165) is 24.3 Å². The molecule has 3 rings (SSSR count). The Morgan fingerprint density at radius 1 is 1.00 bits per heavy atom. The van der Waals surface area contributed by atoms with Crippen LogP contribution in [-0.4, -0.2) is 10.9 Å². The lowest BCUT2D eigenvalue weighted by Gasteiger charge is -2.10. The van der Waals surface area contributed by atoms with Gasteiger partial charge in [-0.1, -0.05) is 0 Å². The first kappa shape index (κ1) is 15.0. The second-order valence-corrected chi connectivity index (χ2v) is 5.06. The molecule has 0 aliphatic rings. The van der Waals surface area contributed by atoms with Gasteiger partial charge in [0.25, 0.3) is 5.91 Å². The average Bonchev–Trinajstić information content (AvgIpc) is 2.49. The van der Waals surface area contributed by atoms with Gasteiger partial charge < -0.3 is 5.32 Å². The fraction of sp³-hybridized carbons (Fsp3) is 0.0588. The third-order valence-corrected chi connectivity index (χ3v) is 3.31. The zero-order valence-corrected chi connectivity index (χ0v) is 12.0. The topological polar surface area (TPSA) is 42.0 Å². The van der Waals surface area contributed by atoms with Gasteiger partial charge in [0.1, 0.15) is 17.2 Å². The quantitative estimate of drug-likeness (QED) is 0.769. The van der Waals surface area contributed by atoms with E-state index in [1.54, 1.807) is 6.92 Å². The zero-order chi connectivity index (χ0) is 16.6. The van der Waals surface area contributed by atoms with E-state index in [1.165, 1.54) is 18.2 Å². The molecule has 0 unspecified atom stereocenters. The number of aryl methyl sites for hydroxylation is 1. The molecule has 2 aromatic carbocycles. The Bertz CT molecular complexity index is 908. The standard InChI is InChI=1S/C17H11F3N2O/c1-9-6-15(13-7-12(19)8-14(20)16(13)21-9)22-17(23)10-2-4-11(18)5-3-10/h2-8H,1H3,(H,21,22,23). The molecule has 1 amide bonds. The third kappa shape index (κ3) is 3.01. The van der Waals surface area contributed by atoms with Crippen LogP contribution in [0.25, 0.3) is 10.9 Å². The molecule has 6 heteroatoms. The van der Waals surface area contributed by atoms with Gasteiger partial charge in [0.2, 0.25) is 0 Å². The molecule has 0 saturated heterocycles. The summed E-state index contributed by atoms with van der Waals surface area (Å²) < 4.78 is 40.2. The zero-order valence-electron chi connectivity index (χ0n) is 12.0. The summed E-state index contributed by atoms with van der Waals surface area (Å²) in [5.41, 5.74) is 0.907. The summed E-state index contributed by atoms with van der Waals surface area (Å²) >= 11 is 0. The Kier molecular flexibility index (Phi) is 3.73. The summed E-state index contributed by atoms with van der Waals surface area (Å²) in [5, 5.41) is 2.74. The van der Waals surface area contributed by atoms with Crippen LogP contribution >= 0.6 is 0 Å². The van der Waals surface area contributed by atoms with Crippen molar-refractivity contribution in [2.24, 2.45) is 0 Å². The first-order valence-electron chi connectivity index (χ1n) is 6.77. The molecule has 116 valence electrons. The van der Waals surface area contributed by atoms with Crippen molar-refractivity contribution in [2.45, 2.75) is 6.92 Å². The molecule has 0 bridgehead atoms. The van der Waals surface area contributed by atoms with E-state index >= 15 is 0 Å². The number of rotatable bonds is 2. The van der Waals surface area contributed by atoms with Crippen molar-refractivity contribution < 1.29 is 18.0 Å². The second kappa shape index (κ2) is 5.72. The highest BCUT2D eigenvalue weighted by Crippen LogP contribution is 2.26. The highest BCUT2D eigenvalue weighted by Gasteiger charge is 2.13. The number of pyridine rings is 1. The lowest BCUT2D eigenvalue weighted by atomic mass is 10.1. The van der Waals surface area contributed by atoms with Crippen molar-refractivity contribution in [3.8, 4) is 0 Å². The number of halogens is 3. The number of nitrogens with one attached hydrogen (secondary N) is 1. The van der Waals surface area contributed by atoms with E-state index < -0.39 is 23.4 Å². The van der Waals surface area contributed by atoms with Gasteiger partial charge in [-0.3, -0.25) is 4.79 Å². The maximum atomic E-state index is 13.9. The van der Waals surface area contributed by atoms with E-state index in [2.05, 4.69) is 10.3 Å². The van der Waals surface area contributed by atoms with Crippen molar-refractivity contribution in [1.29, 1.82) is 0 Å². The molecule has 0 radical (unpaired) electrons. The highest BCUT2D eigenvalue weighted by molar-refractivity contribution is 6.08. The van der Waals surface area contributed by atoms with Crippen LogP contribution < -0.4 is 5.32 Å². The van der Waals surface area contributed by atoms with Gasteiger partial charge in [0.15, 0.2) is 5.82 Å². The molecule has 1 N–H and O–H groups in total. The van der Waals surface area contributed by atoms with Gasteiger partial charge in [-0.05, 0) is 43.3 Å². The Balaban J connectivity index is 2.05. The number of carbonyl (C=O) groups excluding carboxylic acids is 1. The molecule has 0 aliphatic carbocycles. The minimum absolute atomic E-state index is 0.0270. The predicted octanol–water partition coefficient (Wildman–Crippen LogP) is 4.21. The maximum absolute atomic E-state index is 13.9. The second-order valence-electron chi connectivity index (χ2n) is 5.06. The van der Waals surface area contributed by atoms with Gasteiger partial charge >= 0.3 is 0 Å². The molecule has 0 saturated carbocycles. The summed E-state index contributed by atoms with van der Waals surface area (Å²) in [4.78, 5) is 16.2. The summed E-state index contributed by atoms with van der Waals surface area (Å²) in [5.74, 6) is -2.55. The molecule has 0 fully saturated rings. The van der Waals surface area contributed by atoms with Crippen molar-refractivity contribution in [2.75, 3.05) is 5.32 Å². The van der Waals surface area contributed by atoms with Gasteiger partial charge in [-0.15, -0.1) is 0 Å². The SMILES string of the molecule is Cc1cc(NC(=O)c2ccc(F)cc2)c2cc(F)cc(F)c2n1. The van der Waals surface area contributed by atoms with Crippen LogP contribution in [0, 0.1) is 24.4 Å². The summed E-state index contributed by atoms with van der Waals surface area (Å²) in [7, 11) is 0. The normalized spacial score (nSPS) is 10.8.